The van der Waals surface area contributed by atoms with E-state index in [1.54, 1.807) is 24.3 Å². The lowest BCUT2D eigenvalue weighted by Crippen LogP contribution is -2.41. The van der Waals surface area contributed by atoms with Crippen molar-refractivity contribution in [2.45, 2.75) is 4.21 Å². The Kier molecular flexibility index (Phi) is 3.19. The minimum absolute atomic E-state index is 0.118. The molecule has 1 amide bonds. The molecule has 2 aromatic rings. The molecule has 0 bridgehead atoms. The Morgan fingerprint density at radius 2 is 1.95 bits per heavy atom. The van der Waals surface area contributed by atoms with Crippen LogP contribution in [0.2, 0.25) is 4.34 Å². The van der Waals surface area contributed by atoms with E-state index >= 15 is 0 Å². The largest absolute Gasteiger partial charge is 0.323 e. The van der Waals surface area contributed by atoms with E-state index in [4.69, 9.17) is 11.6 Å². The topological polar surface area (TPSA) is 66.5 Å². The van der Waals surface area contributed by atoms with Crippen LogP contribution in [-0.2, 0) is 14.8 Å². The van der Waals surface area contributed by atoms with E-state index < -0.39 is 10.0 Å². The van der Waals surface area contributed by atoms with E-state index in [1.165, 1.54) is 12.1 Å². The first-order valence-corrected chi connectivity index (χ1v) is 8.29. The third-order valence-electron chi connectivity index (χ3n) is 2.83. The quantitative estimate of drug-likeness (QED) is 0.921. The van der Waals surface area contributed by atoms with E-state index in [1.807, 2.05) is 0 Å². The molecule has 0 aliphatic carbocycles. The van der Waals surface area contributed by atoms with Crippen molar-refractivity contribution in [3.8, 4) is 0 Å². The third kappa shape index (κ3) is 2.17. The van der Waals surface area contributed by atoms with Crippen LogP contribution in [0.25, 0.3) is 0 Å². The average Bonchev–Trinajstić information content (AvgIpc) is 2.85. The predicted octanol–water partition coefficient (Wildman–Crippen LogP) is 2.55. The van der Waals surface area contributed by atoms with Crippen LogP contribution >= 0.6 is 22.9 Å². The molecule has 0 radical (unpaired) electrons. The summed E-state index contributed by atoms with van der Waals surface area (Å²) in [4.78, 5) is 11.7. The minimum Gasteiger partial charge on any atom is -0.323 e. The standard InChI is InChI=1S/C12H9ClN2O3S2/c13-10-5-6-12(19-10)20(17,18)15-7-11(16)14-8-3-1-2-4-9(8)15/h1-6H,7H2,(H,14,16). The van der Waals surface area contributed by atoms with Gasteiger partial charge in [0.2, 0.25) is 5.91 Å². The van der Waals surface area contributed by atoms with Gasteiger partial charge in [-0.3, -0.25) is 9.10 Å². The van der Waals surface area contributed by atoms with Crippen molar-refractivity contribution in [2.24, 2.45) is 0 Å². The second-order valence-corrected chi connectivity index (χ2v) is 7.94. The van der Waals surface area contributed by atoms with Gasteiger partial charge in [-0.05, 0) is 24.3 Å². The predicted molar refractivity (Wildman–Crippen MR) is 78.9 cm³/mol. The number of hydrogen-bond donors (Lipinski definition) is 1. The van der Waals surface area contributed by atoms with E-state index in [9.17, 15) is 13.2 Å². The molecule has 2 heterocycles. The van der Waals surface area contributed by atoms with Crippen molar-refractivity contribution < 1.29 is 13.2 Å². The number of sulfonamides is 1. The second kappa shape index (κ2) is 4.76. The number of carbonyl (C=O) groups excluding carboxylic acids is 1. The highest BCUT2D eigenvalue weighted by atomic mass is 35.5. The number of fused-ring (bicyclic) bond motifs is 1. The molecule has 5 nitrogen and oxygen atoms in total. The molecule has 0 spiro atoms. The molecule has 0 saturated carbocycles. The number of benzene rings is 1. The summed E-state index contributed by atoms with van der Waals surface area (Å²) in [5.74, 6) is -0.366. The maximum atomic E-state index is 12.6. The molecule has 1 N–H and O–H groups in total. The van der Waals surface area contributed by atoms with E-state index in [2.05, 4.69) is 5.32 Å². The van der Waals surface area contributed by atoms with Gasteiger partial charge in [-0.2, -0.15) is 0 Å². The maximum Gasteiger partial charge on any atom is 0.274 e. The first kappa shape index (κ1) is 13.4. The summed E-state index contributed by atoms with van der Waals surface area (Å²) in [5.41, 5.74) is 0.937. The number of amides is 1. The highest BCUT2D eigenvalue weighted by Crippen LogP contribution is 2.35. The molecule has 3 rings (SSSR count). The van der Waals surface area contributed by atoms with Crippen LogP contribution in [0, 0.1) is 0 Å². The van der Waals surface area contributed by atoms with Crippen molar-refractivity contribution in [2.75, 3.05) is 16.2 Å². The molecular weight excluding hydrogens is 320 g/mol. The van der Waals surface area contributed by atoms with Gasteiger partial charge < -0.3 is 5.32 Å². The van der Waals surface area contributed by atoms with Gasteiger partial charge in [0, 0.05) is 0 Å². The Balaban J connectivity index is 2.13. The molecule has 0 saturated heterocycles. The zero-order valence-electron chi connectivity index (χ0n) is 10.0. The molecule has 1 aromatic carbocycles. The van der Waals surface area contributed by atoms with Crippen molar-refractivity contribution in [1.29, 1.82) is 0 Å². The monoisotopic (exact) mass is 328 g/mol. The molecule has 0 atom stereocenters. The number of rotatable bonds is 2. The number of hydrogen-bond acceptors (Lipinski definition) is 4. The van der Waals surface area contributed by atoms with Crippen LogP contribution in [0.5, 0.6) is 0 Å². The number of anilines is 2. The van der Waals surface area contributed by atoms with Crippen molar-refractivity contribution in [3.63, 3.8) is 0 Å². The Bertz CT molecular complexity index is 786. The highest BCUT2D eigenvalue weighted by Gasteiger charge is 2.33. The molecule has 104 valence electrons. The summed E-state index contributed by atoms with van der Waals surface area (Å²) < 4.78 is 26.8. The highest BCUT2D eigenvalue weighted by molar-refractivity contribution is 7.94. The summed E-state index contributed by atoms with van der Waals surface area (Å²) >= 11 is 6.76. The Labute approximate surface area is 124 Å². The number of carbonyl (C=O) groups is 1. The normalized spacial score (nSPS) is 14.8. The average molecular weight is 329 g/mol. The zero-order valence-corrected chi connectivity index (χ0v) is 12.4. The number of halogens is 1. The summed E-state index contributed by atoms with van der Waals surface area (Å²) in [7, 11) is -3.78. The van der Waals surface area contributed by atoms with Crippen molar-refractivity contribution >= 4 is 50.2 Å². The second-order valence-electron chi connectivity index (χ2n) is 4.14. The van der Waals surface area contributed by atoms with Crippen molar-refractivity contribution in [1.82, 2.24) is 0 Å². The van der Waals surface area contributed by atoms with Crippen LogP contribution in [0.3, 0.4) is 0 Å². The number of nitrogens with zero attached hydrogens (tertiary/aromatic N) is 1. The van der Waals surface area contributed by atoms with Crippen LogP contribution in [0.15, 0.2) is 40.6 Å². The lowest BCUT2D eigenvalue weighted by molar-refractivity contribution is -0.115. The summed E-state index contributed by atoms with van der Waals surface area (Å²) in [6, 6.07) is 9.74. The van der Waals surface area contributed by atoms with Gasteiger partial charge in [-0.25, -0.2) is 8.42 Å². The Morgan fingerprint density at radius 1 is 1.20 bits per heavy atom. The van der Waals surface area contributed by atoms with E-state index in [-0.39, 0.29) is 16.7 Å². The number of para-hydroxylation sites is 2. The fraction of sp³-hybridized carbons (Fsp3) is 0.0833. The van der Waals surface area contributed by atoms with Crippen LogP contribution < -0.4 is 9.62 Å². The van der Waals surface area contributed by atoms with Crippen LogP contribution in [-0.4, -0.2) is 20.9 Å². The summed E-state index contributed by atoms with van der Waals surface area (Å²) in [6.45, 7) is -0.241. The van der Waals surface area contributed by atoms with Gasteiger partial charge in [0.1, 0.15) is 10.8 Å². The third-order valence-corrected chi connectivity index (χ3v) is 6.29. The smallest absolute Gasteiger partial charge is 0.274 e. The Morgan fingerprint density at radius 3 is 2.65 bits per heavy atom. The minimum atomic E-state index is -3.78. The van der Waals surface area contributed by atoms with Crippen LogP contribution in [0.1, 0.15) is 0 Å². The van der Waals surface area contributed by atoms with Gasteiger partial charge in [-0.1, -0.05) is 23.7 Å². The van der Waals surface area contributed by atoms with Gasteiger partial charge in [-0.15, -0.1) is 11.3 Å². The number of nitrogens with one attached hydrogen (secondary N) is 1. The molecule has 0 unspecified atom stereocenters. The fourth-order valence-corrected chi connectivity index (χ4v) is 5.00. The lowest BCUT2D eigenvalue weighted by Gasteiger charge is -2.29. The molecule has 1 aliphatic rings. The summed E-state index contributed by atoms with van der Waals surface area (Å²) in [5, 5.41) is 2.65. The van der Waals surface area contributed by atoms with Crippen molar-refractivity contribution in [3.05, 3.63) is 40.7 Å². The zero-order chi connectivity index (χ0) is 14.3. The van der Waals surface area contributed by atoms with Crippen LogP contribution in [0.4, 0.5) is 11.4 Å². The SMILES string of the molecule is O=C1CN(S(=O)(=O)c2ccc(Cl)s2)c2ccccc2N1. The Hall–Kier alpha value is -1.57. The van der Waals surface area contributed by atoms with E-state index in [0.717, 1.165) is 15.6 Å². The molecule has 0 fully saturated rings. The molecule has 1 aliphatic heterocycles. The lowest BCUT2D eigenvalue weighted by atomic mass is 10.2. The van der Waals surface area contributed by atoms with Gasteiger partial charge >= 0.3 is 0 Å². The molecule has 8 heteroatoms. The molecular formula is C12H9ClN2O3S2. The number of thiophene rings is 1. The maximum absolute atomic E-state index is 12.6. The fourth-order valence-electron chi connectivity index (χ4n) is 1.96. The van der Waals surface area contributed by atoms with Gasteiger partial charge in [0.05, 0.1) is 15.7 Å². The van der Waals surface area contributed by atoms with Gasteiger partial charge in [0.15, 0.2) is 0 Å². The summed E-state index contributed by atoms with van der Waals surface area (Å²) in [6.07, 6.45) is 0. The first-order chi connectivity index (χ1) is 9.48. The molecule has 1 aromatic heterocycles. The molecule has 20 heavy (non-hydrogen) atoms. The first-order valence-electron chi connectivity index (χ1n) is 5.65. The van der Waals surface area contributed by atoms with E-state index in [0.29, 0.717) is 15.7 Å². The van der Waals surface area contributed by atoms with Gasteiger partial charge in [0.25, 0.3) is 10.0 Å².